The molecule has 0 N–H and O–H groups in total. The number of methoxy groups -OCH3 is 2. The third kappa shape index (κ3) is 3.36. The molecule has 0 fully saturated rings. The second-order valence-corrected chi connectivity index (χ2v) is 3.46. The Bertz CT molecular complexity index is 345. The highest BCUT2D eigenvalue weighted by Gasteiger charge is 2.08. The van der Waals surface area contributed by atoms with Crippen LogP contribution in [-0.2, 0) is 16.0 Å². The van der Waals surface area contributed by atoms with E-state index >= 15 is 0 Å². The fourth-order valence-electron chi connectivity index (χ4n) is 1.47. The molecule has 0 aliphatic heterocycles. The van der Waals surface area contributed by atoms with Gasteiger partial charge in [-0.3, -0.25) is 4.79 Å². The molecule has 82 valence electrons. The highest BCUT2D eigenvalue weighted by Crippen LogP contribution is 2.20. The van der Waals surface area contributed by atoms with Crippen molar-refractivity contribution in [2.75, 3.05) is 20.8 Å². The minimum atomic E-state index is 0.0569. The molecule has 1 rings (SSSR count). The Morgan fingerprint density at radius 3 is 2.67 bits per heavy atom. The second-order valence-electron chi connectivity index (χ2n) is 3.46. The summed E-state index contributed by atoms with van der Waals surface area (Å²) in [4.78, 5) is 11.4. The molecule has 0 aromatic heterocycles. The van der Waals surface area contributed by atoms with E-state index in [2.05, 4.69) is 0 Å². The number of hydrogen-bond donors (Lipinski definition) is 0. The van der Waals surface area contributed by atoms with Gasteiger partial charge in [0, 0.05) is 19.1 Å². The van der Waals surface area contributed by atoms with E-state index in [9.17, 15) is 4.79 Å². The smallest absolute Gasteiger partial charge is 0.162 e. The van der Waals surface area contributed by atoms with E-state index in [1.165, 1.54) is 7.11 Å². The Balaban J connectivity index is 2.82. The summed E-state index contributed by atoms with van der Waals surface area (Å²) in [7, 11) is 3.13. The summed E-state index contributed by atoms with van der Waals surface area (Å²) in [6.07, 6.45) is 0.360. The summed E-state index contributed by atoms with van der Waals surface area (Å²) in [6, 6.07) is 5.81. The maximum Gasteiger partial charge on any atom is 0.162 e. The number of carbonyl (C=O) groups excluding carboxylic acids is 1. The summed E-state index contributed by atoms with van der Waals surface area (Å²) in [6.45, 7) is 2.14. The molecule has 0 saturated carbocycles. The third-order valence-corrected chi connectivity index (χ3v) is 2.13. The largest absolute Gasteiger partial charge is 0.496 e. The van der Waals surface area contributed by atoms with E-state index in [1.54, 1.807) is 7.11 Å². The summed E-state index contributed by atoms with van der Waals surface area (Å²) < 4.78 is 9.98. The van der Waals surface area contributed by atoms with Gasteiger partial charge >= 0.3 is 0 Å². The van der Waals surface area contributed by atoms with Crippen molar-refractivity contribution in [3.8, 4) is 5.75 Å². The van der Waals surface area contributed by atoms with Crippen molar-refractivity contribution in [2.45, 2.75) is 13.3 Å². The Morgan fingerprint density at radius 2 is 2.07 bits per heavy atom. The van der Waals surface area contributed by atoms with Gasteiger partial charge in [-0.15, -0.1) is 0 Å². The SMILES string of the molecule is COCC(=O)Cc1cc(C)ccc1OC. The molecule has 0 aliphatic carbocycles. The van der Waals surface area contributed by atoms with Crippen molar-refractivity contribution in [1.29, 1.82) is 0 Å². The van der Waals surface area contributed by atoms with Crippen LogP contribution < -0.4 is 4.74 Å². The average molecular weight is 208 g/mol. The zero-order valence-electron chi connectivity index (χ0n) is 9.37. The summed E-state index contributed by atoms with van der Waals surface area (Å²) in [5, 5.41) is 0. The van der Waals surface area contributed by atoms with E-state index in [-0.39, 0.29) is 12.4 Å². The minimum Gasteiger partial charge on any atom is -0.496 e. The Hall–Kier alpha value is -1.35. The van der Waals surface area contributed by atoms with Crippen LogP contribution in [0, 0.1) is 6.92 Å². The lowest BCUT2D eigenvalue weighted by molar-refractivity contribution is -0.122. The standard InChI is InChI=1S/C12H16O3/c1-9-4-5-12(15-3)10(6-9)7-11(13)8-14-2/h4-6H,7-8H2,1-3H3. The van der Waals surface area contributed by atoms with Gasteiger partial charge in [0.25, 0.3) is 0 Å². The molecule has 15 heavy (non-hydrogen) atoms. The van der Waals surface area contributed by atoms with Crippen LogP contribution in [0.1, 0.15) is 11.1 Å². The topological polar surface area (TPSA) is 35.5 Å². The van der Waals surface area contributed by atoms with Crippen molar-refractivity contribution < 1.29 is 14.3 Å². The monoisotopic (exact) mass is 208 g/mol. The third-order valence-electron chi connectivity index (χ3n) is 2.13. The number of ketones is 1. The number of aryl methyl sites for hydroxylation is 1. The molecule has 0 spiro atoms. The molecule has 1 aromatic rings. The van der Waals surface area contributed by atoms with Gasteiger partial charge < -0.3 is 9.47 Å². The molecule has 0 atom stereocenters. The molecule has 3 nitrogen and oxygen atoms in total. The first-order chi connectivity index (χ1) is 7.17. The van der Waals surface area contributed by atoms with Gasteiger partial charge in [-0.25, -0.2) is 0 Å². The van der Waals surface area contributed by atoms with Gasteiger partial charge in [0.05, 0.1) is 7.11 Å². The average Bonchev–Trinajstić information content (AvgIpc) is 2.18. The molecule has 0 saturated heterocycles. The Labute approximate surface area is 90.0 Å². The van der Waals surface area contributed by atoms with Gasteiger partial charge in [-0.1, -0.05) is 17.7 Å². The summed E-state index contributed by atoms with van der Waals surface area (Å²) in [5.74, 6) is 0.812. The molecule has 0 bridgehead atoms. The van der Waals surface area contributed by atoms with Gasteiger partial charge in [0.2, 0.25) is 0 Å². The zero-order valence-corrected chi connectivity index (χ0v) is 9.37. The number of Topliss-reactive ketones (excluding diaryl/α,β-unsaturated/α-hetero) is 1. The molecule has 0 radical (unpaired) electrons. The number of benzene rings is 1. The zero-order chi connectivity index (χ0) is 11.3. The van der Waals surface area contributed by atoms with Crippen LogP contribution >= 0.6 is 0 Å². The normalized spacial score (nSPS) is 10.1. The van der Waals surface area contributed by atoms with E-state index in [0.717, 1.165) is 16.9 Å². The van der Waals surface area contributed by atoms with Gasteiger partial charge in [-0.2, -0.15) is 0 Å². The maximum atomic E-state index is 11.4. The Morgan fingerprint density at radius 1 is 1.33 bits per heavy atom. The number of ether oxygens (including phenoxy) is 2. The fourth-order valence-corrected chi connectivity index (χ4v) is 1.47. The molecule has 1 aromatic carbocycles. The first kappa shape index (κ1) is 11.7. The predicted molar refractivity (Wildman–Crippen MR) is 58.3 cm³/mol. The molecule has 0 unspecified atom stereocenters. The highest BCUT2D eigenvalue weighted by atomic mass is 16.5. The minimum absolute atomic E-state index is 0.0569. The van der Waals surface area contributed by atoms with E-state index < -0.39 is 0 Å². The number of carbonyl (C=O) groups is 1. The van der Waals surface area contributed by atoms with Gasteiger partial charge in [0.15, 0.2) is 5.78 Å². The molecule has 0 heterocycles. The molecular weight excluding hydrogens is 192 g/mol. The van der Waals surface area contributed by atoms with Gasteiger partial charge in [-0.05, 0) is 13.0 Å². The molecule has 0 aliphatic rings. The van der Waals surface area contributed by atoms with Crippen molar-refractivity contribution in [3.05, 3.63) is 29.3 Å². The number of hydrogen-bond acceptors (Lipinski definition) is 3. The lowest BCUT2D eigenvalue weighted by Gasteiger charge is -2.08. The highest BCUT2D eigenvalue weighted by molar-refractivity contribution is 5.82. The van der Waals surface area contributed by atoms with Crippen molar-refractivity contribution in [2.24, 2.45) is 0 Å². The fraction of sp³-hybridized carbons (Fsp3) is 0.417. The molecule has 0 amide bonds. The summed E-state index contributed by atoms with van der Waals surface area (Å²) >= 11 is 0. The molecule has 3 heteroatoms. The number of rotatable bonds is 5. The van der Waals surface area contributed by atoms with Crippen LogP contribution in [0.5, 0.6) is 5.75 Å². The van der Waals surface area contributed by atoms with Gasteiger partial charge in [0.1, 0.15) is 12.4 Å². The van der Waals surface area contributed by atoms with Crippen LogP contribution in [0.3, 0.4) is 0 Å². The first-order valence-electron chi connectivity index (χ1n) is 4.81. The van der Waals surface area contributed by atoms with E-state index in [1.807, 2.05) is 25.1 Å². The van der Waals surface area contributed by atoms with Crippen LogP contribution in [0.4, 0.5) is 0 Å². The lowest BCUT2D eigenvalue weighted by Crippen LogP contribution is -2.10. The quantitative estimate of drug-likeness (QED) is 0.739. The molecular formula is C12H16O3. The van der Waals surface area contributed by atoms with Crippen LogP contribution in [0.25, 0.3) is 0 Å². The first-order valence-corrected chi connectivity index (χ1v) is 4.81. The van der Waals surface area contributed by atoms with Crippen LogP contribution in [0.2, 0.25) is 0 Å². The van der Waals surface area contributed by atoms with E-state index in [4.69, 9.17) is 9.47 Å². The lowest BCUT2D eigenvalue weighted by atomic mass is 10.1. The van der Waals surface area contributed by atoms with Crippen molar-refractivity contribution >= 4 is 5.78 Å². The van der Waals surface area contributed by atoms with Crippen molar-refractivity contribution in [1.82, 2.24) is 0 Å². The Kier molecular flexibility index (Phi) is 4.31. The van der Waals surface area contributed by atoms with E-state index in [0.29, 0.717) is 6.42 Å². The van der Waals surface area contributed by atoms with Crippen molar-refractivity contribution in [3.63, 3.8) is 0 Å². The maximum absolute atomic E-state index is 11.4. The van der Waals surface area contributed by atoms with Crippen LogP contribution in [-0.4, -0.2) is 26.6 Å². The summed E-state index contributed by atoms with van der Waals surface area (Å²) in [5.41, 5.74) is 2.04. The van der Waals surface area contributed by atoms with Crippen LogP contribution in [0.15, 0.2) is 18.2 Å². The predicted octanol–water partition coefficient (Wildman–Crippen LogP) is 1.76. The second kappa shape index (κ2) is 5.51.